The molecule has 0 saturated carbocycles. The second-order valence-corrected chi connectivity index (χ2v) is 7.72. The van der Waals surface area contributed by atoms with Crippen LogP contribution < -0.4 is 10.5 Å². The van der Waals surface area contributed by atoms with Crippen molar-refractivity contribution in [2.75, 3.05) is 0 Å². The van der Waals surface area contributed by atoms with Crippen molar-refractivity contribution in [1.29, 1.82) is 0 Å². The number of hydrogen-bond acceptors (Lipinski definition) is 5. The number of rotatable bonds is 6. The molecule has 1 aromatic heterocycles. The Labute approximate surface area is 180 Å². The van der Waals surface area contributed by atoms with E-state index in [0.29, 0.717) is 36.8 Å². The summed E-state index contributed by atoms with van der Waals surface area (Å²) in [5.74, 6) is -0.187. The molecular weight excluding hydrogens is 443 g/mol. The molecule has 3 rings (SSSR count). The zero-order valence-corrected chi connectivity index (χ0v) is 17.3. The lowest BCUT2D eigenvalue weighted by Crippen LogP contribution is -2.13. The van der Waals surface area contributed by atoms with Crippen LogP contribution in [0.1, 0.15) is 20.8 Å². The predicted molar refractivity (Wildman–Crippen MR) is 113 cm³/mol. The molecule has 9 heteroatoms. The molecule has 0 radical (unpaired) electrons. The van der Waals surface area contributed by atoms with Gasteiger partial charge in [-0.2, -0.15) is 0 Å². The highest BCUT2D eigenvalue weighted by molar-refractivity contribution is 7.12. The largest absolute Gasteiger partial charge is 0.486 e. The van der Waals surface area contributed by atoms with Crippen LogP contribution in [-0.2, 0) is 11.4 Å². The van der Waals surface area contributed by atoms with Crippen LogP contribution in [-0.4, -0.2) is 11.8 Å². The molecule has 2 aromatic carbocycles. The van der Waals surface area contributed by atoms with Crippen molar-refractivity contribution < 1.29 is 14.4 Å². The number of benzene rings is 2. The van der Waals surface area contributed by atoms with E-state index in [1.165, 1.54) is 23.5 Å². The van der Waals surface area contributed by atoms with Crippen LogP contribution >= 0.6 is 46.1 Å². The number of hydrogen-bond donors (Lipinski definition) is 1. The Bertz CT molecular complexity index is 1000. The molecule has 0 amide bonds. The summed E-state index contributed by atoms with van der Waals surface area (Å²) < 4.78 is 5.67. The molecule has 0 saturated heterocycles. The minimum Gasteiger partial charge on any atom is -0.486 e. The van der Waals surface area contributed by atoms with Gasteiger partial charge in [-0.05, 0) is 41.3 Å². The molecule has 0 aliphatic heterocycles. The molecule has 0 atom stereocenters. The minimum absolute atomic E-state index is 0.134. The van der Waals surface area contributed by atoms with Crippen molar-refractivity contribution >= 4 is 57.9 Å². The fraction of sp³-hybridized carbons (Fsp3) is 0.0526. The minimum atomic E-state index is -0.635. The summed E-state index contributed by atoms with van der Waals surface area (Å²) in [5, 5.41) is 6.53. The molecule has 3 aromatic rings. The van der Waals surface area contributed by atoms with E-state index < -0.39 is 5.97 Å². The number of thiophene rings is 1. The Morgan fingerprint density at radius 2 is 1.82 bits per heavy atom. The molecule has 2 N–H and O–H groups in total. The van der Waals surface area contributed by atoms with Crippen LogP contribution in [0.4, 0.5) is 0 Å². The maximum atomic E-state index is 12.2. The molecule has 0 unspecified atom stereocenters. The fourth-order valence-electron chi connectivity index (χ4n) is 2.22. The average molecular weight is 456 g/mol. The van der Waals surface area contributed by atoms with Gasteiger partial charge >= 0.3 is 5.97 Å². The van der Waals surface area contributed by atoms with Gasteiger partial charge in [0.2, 0.25) is 0 Å². The van der Waals surface area contributed by atoms with Gasteiger partial charge < -0.3 is 15.3 Å². The van der Waals surface area contributed by atoms with Gasteiger partial charge in [0.15, 0.2) is 11.6 Å². The van der Waals surface area contributed by atoms with Gasteiger partial charge in [0.25, 0.3) is 0 Å². The van der Waals surface area contributed by atoms with E-state index in [1.54, 1.807) is 30.3 Å². The summed E-state index contributed by atoms with van der Waals surface area (Å²) in [6.07, 6.45) is 0. The molecule has 0 spiro atoms. The lowest BCUT2D eigenvalue weighted by molar-refractivity contribution is 0.0516. The van der Waals surface area contributed by atoms with Crippen LogP contribution in [0.2, 0.25) is 15.1 Å². The van der Waals surface area contributed by atoms with Crippen LogP contribution in [0.15, 0.2) is 59.1 Å². The Hall–Kier alpha value is -2.25. The van der Waals surface area contributed by atoms with Crippen molar-refractivity contribution in [2.24, 2.45) is 10.9 Å². The number of nitrogens with two attached hydrogens (primary N) is 1. The van der Waals surface area contributed by atoms with Crippen LogP contribution in [0.3, 0.4) is 0 Å². The van der Waals surface area contributed by atoms with Crippen molar-refractivity contribution in [3.63, 3.8) is 0 Å². The first-order chi connectivity index (χ1) is 13.4. The normalized spacial score (nSPS) is 11.3. The molecule has 5 nitrogen and oxygen atoms in total. The number of ether oxygens (including phenoxy) is 1. The van der Waals surface area contributed by atoms with E-state index in [1.807, 2.05) is 11.4 Å². The second-order valence-electron chi connectivity index (χ2n) is 5.52. The van der Waals surface area contributed by atoms with E-state index in [4.69, 9.17) is 50.1 Å². The lowest BCUT2D eigenvalue weighted by atomic mass is 10.1. The van der Waals surface area contributed by atoms with Gasteiger partial charge in [-0.3, -0.25) is 0 Å². The van der Waals surface area contributed by atoms with E-state index in [0.717, 1.165) is 0 Å². The first kappa shape index (κ1) is 20.5. The highest BCUT2D eigenvalue weighted by Gasteiger charge is 2.12. The summed E-state index contributed by atoms with van der Waals surface area (Å²) in [7, 11) is 0. The zero-order valence-electron chi connectivity index (χ0n) is 14.2. The van der Waals surface area contributed by atoms with E-state index in [2.05, 4.69) is 5.16 Å². The Morgan fingerprint density at radius 3 is 2.50 bits per heavy atom. The molecule has 0 bridgehead atoms. The monoisotopic (exact) mass is 454 g/mol. The first-order valence-electron chi connectivity index (χ1n) is 7.89. The molecule has 1 heterocycles. The third kappa shape index (κ3) is 5.17. The first-order valence-corrected chi connectivity index (χ1v) is 9.90. The SMILES string of the molecule is N/C(=N\OC(=O)c1cccc(COc2c(Cl)cc(Cl)cc2Cl)c1)c1cccs1. The maximum absolute atomic E-state index is 12.2. The van der Waals surface area contributed by atoms with E-state index in [9.17, 15) is 4.79 Å². The zero-order chi connectivity index (χ0) is 20.1. The third-order valence-corrected chi connectivity index (χ3v) is 5.18. The standard InChI is InChI=1S/C19H13Cl3N2O3S/c20-13-8-14(21)17(15(22)9-13)26-10-11-3-1-4-12(7-11)19(25)27-24-18(23)16-5-2-6-28-16/h1-9H,10H2,(H2,23,24). The van der Waals surface area contributed by atoms with Crippen molar-refractivity contribution in [2.45, 2.75) is 6.61 Å². The molecular formula is C19H13Cl3N2O3S. The summed E-state index contributed by atoms with van der Waals surface area (Å²) in [4.78, 5) is 17.8. The van der Waals surface area contributed by atoms with Gasteiger partial charge in [-0.25, -0.2) is 4.79 Å². The van der Waals surface area contributed by atoms with Crippen LogP contribution in [0.5, 0.6) is 5.75 Å². The fourth-order valence-corrected chi connectivity index (χ4v) is 3.77. The third-order valence-electron chi connectivity index (χ3n) is 3.51. The van der Waals surface area contributed by atoms with E-state index in [-0.39, 0.29) is 12.4 Å². The predicted octanol–water partition coefficient (Wildman–Crippen LogP) is 5.76. The summed E-state index contributed by atoms with van der Waals surface area (Å²) in [5.41, 5.74) is 6.79. The van der Waals surface area contributed by atoms with Crippen molar-refractivity contribution in [3.8, 4) is 5.75 Å². The lowest BCUT2D eigenvalue weighted by Gasteiger charge is -2.11. The molecule has 0 aliphatic rings. The summed E-state index contributed by atoms with van der Waals surface area (Å²) in [6, 6.07) is 13.4. The Balaban J connectivity index is 1.67. The number of nitrogens with zero attached hydrogens (tertiary/aromatic N) is 1. The number of halogens is 3. The smallest absolute Gasteiger partial charge is 0.365 e. The molecule has 144 valence electrons. The second kappa shape index (κ2) is 9.30. The Kier molecular flexibility index (Phi) is 6.80. The number of carbonyl (C=O) groups is 1. The summed E-state index contributed by atoms with van der Waals surface area (Å²) in [6.45, 7) is 0.142. The quantitative estimate of drug-likeness (QED) is 0.222. The van der Waals surface area contributed by atoms with Crippen LogP contribution in [0.25, 0.3) is 0 Å². The number of oxime groups is 1. The average Bonchev–Trinajstić information content (AvgIpc) is 3.20. The molecule has 28 heavy (non-hydrogen) atoms. The van der Waals surface area contributed by atoms with E-state index >= 15 is 0 Å². The summed E-state index contributed by atoms with van der Waals surface area (Å²) >= 11 is 19.5. The highest BCUT2D eigenvalue weighted by atomic mass is 35.5. The maximum Gasteiger partial charge on any atom is 0.365 e. The van der Waals surface area contributed by atoms with Gasteiger partial charge in [-0.15, -0.1) is 11.3 Å². The molecule has 0 aliphatic carbocycles. The van der Waals surface area contributed by atoms with Gasteiger partial charge in [0.05, 0.1) is 20.5 Å². The number of carbonyl (C=O) groups excluding carboxylic acids is 1. The number of amidine groups is 1. The van der Waals surface area contributed by atoms with Crippen molar-refractivity contribution in [3.05, 3.63) is 85.0 Å². The van der Waals surface area contributed by atoms with Crippen LogP contribution in [0, 0.1) is 0 Å². The molecule has 0 fully saturated rings. The van der Waals surface area contributed by atoms with Crippen molar-refractivity contribution in [1.82, 2.24) is 0 Å². The van der Waals surface area contributed by atoms with Gasteiger partial charge in [0, 0.05) is 5.02 Å². The van der Waals surface area contributed by atoms with Gasteiger partial charge in [0.1, 0.15) is 6.61 Å². The Morgan fingerprint density at radius 1 is 1.07 bits per heavy atom. The topological polar surface area (TPSA) is 73.9 Å². The highest BCUT2D eigenvalue weighted by Crippen LogP contribution is 2.36. The van der Waals surface area contributed by atoms with Gasteiger partial charge in [-0.1, -0.05) is 58.2 Å².